The molecule has 29 heavy (non-hydrogen) atoms. The molecule has 5 nitrogen and oxygen atoms in total. The maximum Gasteiger partial charge on any atom is 0.374 e. The zero-order chi connectivity index (χ0) is 20.0. The fourth-order valence-electron chi connectivity index (χ4n) is 3.97. The summed E-state index contributed by atoms with van der Waals surface area (Å²) in [6.07, 6.45) is 4.09. The first-order chi connectivity index (χ1) is 14.0. The third kappa shape index (κ3) is 3.23. The first-order valence-corrected chi connectivity index (χ1v) is 11.0. The van der Waals surface area contributed by atoms with Crippen LogP contribution in [-0.4, -0.2) is 21.3 Å². The SMILES string of the molecule is O=P(O)(O)c1ccc2cc(C3C=CNC3)cc(-c3cccc4ccccc34)c2n1. The third-order valence-corrected chi connectivity index (χ3v) is 6.24. The van der Waals surface area contributed by atoms with Gasteiger partial charge in [0.1, 0.15) is 0 Å². The van der Waals surface area contributed by atoms with E-state index in [1.807, 2.05) is 30.5 Å². The number of hydrogen-bond acceptors (Lipinski definition) is 3. The molecule has 4 aromatic rings. The summed E-state index contributed by atoms with van der Waals surface area (Å²) in [6.45, 7) is 0.828. The van der Waals surface area contributed by atoms with Crippen molar-refractivity contribution in [2.45, 2.75) is 5.92 Å². The fraction of sp³-hybridized carbons (Fsp3) is 0.0870. The molecule has 0 saturated carbocycles. The van der Waals surface area contributed by atoms with Crippen molar-refractivity contribution in [2.75, 3.05) is 6.54 Å². The van der Waals surface area contributed by atoms with Crippen molar-refractivity contribution in [3.63, 3.8) is 0 Å². The molecule has 0 saturated heterocycles. The van der Waals surface area contributed by atoms with Crippen molar-refractivity contribution in [2.24, 2.45) is 0 Å². The van der Waals surface area contributed by atoms with E-state index in [0.29, 0.717) is 5.52 Å². The van der Waals surface area contributed by atoms with Gasteiger partial charge >= 0.3 is 7.60 Å². The van der Waals surface area contributed by atoms with Crippen LogP contribution in [0.2, 0.25) is 0 Å². The number of nitrogens with one attached hydrogen (secondary N) is 1. The van der Waals surface area contributed by atoms with Gasteiger partial charge in [0, 0.05) is 23.4 Å². The monoisotopic (exact) mass is 402 g/mol. The molecule has 0 bridgehead atoms. The number of aromatic nitrogens is 1. The molecular formula is C23H19N2O3P. The minimum atomic E-state index is -4.45. The molecule has 0 amide bonds. The predicted molar refractivity (Wildman–Crippen MR) is 116 cm³/mol. The van der Waals surface area contributed by atoms with Crippen LogP contribution in [0.3, 0.4) is 0 Å². The molecule has 2 heterocycles. The van der Waals surface area contributed by atoms with Gasteiger partial charge in [0.25, 0.3) is 0 Å². The van der Waals surface area contributed by atoms with Crippen molar-refractivity contribution in [1.29, 1.82) is 0 Å². The van der Waals surface area contributed by atoms with Crippen molar-refractivity contribution in [3.05, 3.63) is 84.6 Å². The van der Waals surface area contributed by atoms with Gasteiger partial charge in [0.2, 0.25) is 0 Å². The predicted octanol–water partition coefficient (Wildman–Crippen LogP) is 4.06. The van der Waals surface area contributed by atoms with E-state index in [1.54, 1.807) is 6.07 Å². The molecule has 1 atom stereocenters. The van der Waals surface area contributed by atoms with Gasteiger partial charge in [0.05, 0.1) is 5.52 Å². The van der Waals surface area contributed by atoms with E-state index in [9.17, 15) is 14.4 Å². The molecule has 3 N–H and O–H groups in total. The van der Waals surface area contributed by atoms with Gasteiger partial charge in [-0.2, -0.15) is 0 Å². The number of hydrogen-bond donors (Lipinski definition) is 3. The minimum absolute atomic E-state index is 0.207. The summed E-state index contributed by atoms with van der Waals surface area (Å²) in [5.41, 5.74) is 3.42. The lowest BCUT2D eigenvalue weighted by Gasteiger charge is -2.16. The number of fused-ring (bicyclic) bond motifs is 2. The van der Waals surface area contributed by atoms with Crippen molar-refractivity contribution in [3.8, 4) is 11.1 Å². The highest BCUT2D eigenvalue weighted by Gasteiger charge is 2.22. The highest BCUT2D eigenvalue weighted by Crippen LogP contribution is 2.38. The zero-order valence-electron chi connectivity index (χ0n) is 15.5. The fourth-order valence-corrected chi connectivity index (χ4v) is 4.47. The standard InChI is InChI=1S/C23H19N2O3P/c26-29(27,28)22-9-8-16-12-18(17-10-11-24-14-17)13-21(23(16)25-22)20-7-3-5-15-4-1-2-6-19(15)20/h1-13,17,24H,14H2,(H2,26,27,28). The summed E-state index contributed by atoms with van der Waals surface area (Å²) in [5, 5.41) is 6.29. The van der Waals surface area contributed by atoms with Crippen molar-refractivity contribution >= 4 is 34.7 Å². The topological polar surface area (TPSA) is 82.5 Å². The van der Waals surface area contributed by atoms with E-state index in [1.165, 1.54) is 6.07 Å². The second-order valence-corrected chi connectivity index (χ2v) is 8.80. The molecule has 0 spiro atoms. The maximum absolute atomic E-state index is 11.8. The Kier molecular flexibility index (Phi) is 4.25. The molecule has 3 aromatic carbocycles. The van der Waals surface area contributed by atoms with Gasteiger partial charge in [-0.1, -0.05) is 54.6 Å². The van der Waals surface area contributed by atoms with E-state index >= 15 is 0 Å². The van der Waals surface area contributed by atoms with Crippen LogP contribution in [0.15, 0.2) is 79.0 Å². The normalized spacial score (nSPS) is 16.4. The van der Waals surface area contributed by atoms with E-state index < -0.39 is 7.60 Å². The molecule has 1 aliphatic rings. The third-order valence-electron chi connectivity index (χ3n) is 5.39. The average Bonchev–Trinajstić information content (AvgIpc) is 3.26. The molecule has 1 aliphatic heterocycles. The van der Waals surface area contributed by atoms with Crippen LogP contribution in [0.1, 0.15) is 11.5 Å². The van der Waals surface area contributed by atoms with Crippen LogP contribution >= 0.6 is 7.60 Å². The average molecular weight is 402 g/mol. The Morgan fingerprint density at radius 3 is 2.55 bits per heavy atom. The summed E-state index contributed by atoms with van der Waals surface area (Å²) in [4.78, 5) is 23.7. The Hall–Kier alpha value is -2.98. The molecule has 144 valence electrons. The van der Waals surface area contributed by atoms with Crippen LogP contribution < -0.4 is 10.8 Å². The number of nitrogens with zero attached hydrogens (tertiary/aromatic N) is 1. The lowest BCUT2D eigenvalue weighted by Crippen LogP contribution is -2.10. The van der Waals surface area contributed by atoms with E-state index in [-0.39, 0.29) is 11.4 Å². The van der Waals surface area contributed by atoms with Gasteiger partial charge in [0.15, 0.2) is 5.44 Å². The highest BCUT2D eigenvalue weighted by molar-refractivity contribution is 7.60. The van der Waals surface area contributed by atoms with E-state index in [2.05, 4.69) is 46.7 Å². The molecular weight excluding hydrogens is 383 g/mol. The van der Waals surface area contributed by atoms with Crippen molar-refractivity contribution < 1.29 is 14.4 Å². The molecule has 1 unspecified atom stereocenters. The van der Waals surface area contributed by atoms with Gasteiger partial charge in [-0.25, -0.2) is 4.98 Å². The second kappa shape index (κ2) is 6.82. The zero-order valence-corrected chi connectivity index (χ0v) is 16.4. The van der Waals surface area contributed by atoms with Crippen LogP contribution in [0.4, 0.5) is 0 Å². The van der Waals surface area contributed by atoms with Gasteiger partial charge in [-0.3, -0.25) is 4.57 Å². The Morgan fingerprint density at radius 1 is 0.931 bits per heavy atom. The van der Waals surface area contributed by atoms with E-state index in [4.69, 9.17) is 0 Å². The smallest absolute Gasteiger partial charge is 0.374 e. The van der Waals surface area contributed by atoms with Crippen LogP contribution in [0.5, 0.6) is 0 Å². The van der Waals surface area contributed by atoms with E-state index in [0.717, 1.165) is 39.4 Å². The lowest BCUT2D eigenvalue weighted by atomic mass is 9.91. The van der Waals surface area contributed by atoms with Crippen LogP contribution in [0, 0.1) is 0 Å². The molecule has 5 rings (SSSR count). The summed E-state index contributed by atoms with van der Waals surface area (Å²) in [7, 11) is -4.45. The maximum atomic E-state index is 11.8. The molecule has 0 aliphatic carbocycles. The first kappa shape index (κ1) is 18.1. The Bertz CT molecular complexity index is 1320. The summed E-state index contributed by atoms with van der Waals surface area (Å²) < 4.78 is 11.8. The highest BCUT2D eigenvalue weighted by atomic mass is 31.2. The molecule has 0 fully saturated rings. The summed E-state index contributed by atoms with van der Waals surface area (Å²) in [6, 6.07) is 21.5. The number of pyridine rings is 1. The van der Waals surface area contributed by atoms with Crippen LogP contribution in [0.25, 0.3) is 32.8 Å². The number of rotatable bonds is 3. The van der Waals surface area contributed by atoms with Gasteiger partial charge in [-0.05, 0) is 46.3 Å². The quantitative estimate of drug-likeness (QED) is 0.450. The molecule has 0 radical (unpaired) electrons. The Morgan fingerprint density at radius 2 is 1.76 bits per heavy atom. The summed E-state index contributed by atoms with van der Waals surface area (Å²) >= 11 is 0. The molecule has 1 aromatic heterocycles. The lowest BCUT2D eigenvalue weighted by molar-refractivity contribution is 0.386. The Balaban J connectivity index is 1.85. The van der Waals surface area contributed by atoms with Crippen molar-refractivity contribution in [1.82, 2.24) is 10.3 Å². The second-order valence-electron chi connectivity index (χ2n) is 7.25. The van der Waals surface area contributed by atoms with Gasteiger partial charge in [-0.15, -0.1) is 0 Å². The molecule has 6 heteroatoms. The minimum Gasteiger partial charge on any atom is -0.390 e. The summed E-state index contributed by atoms with van der Waals surface area (Å²) in [5.74, 6) is 0.245. The van der Waals surface area contributed by atoms with Gasteiger partial charge < -0.3 is 15.1 Å². The first-order valence-electron chi connectivity index (χ1n) is 9.40. The largest absolute Gasteiger partial charge is 0.390 e. The van der Waals surface area contributed by atoms with Crippen LogP contribution in [-0.2, 0) is 4.57 Å². The Labute approximate surface area is 167 Å². The number of benzene rings is 3.